The average Bonchev–Trinajstić information content (AvgIpc) is 3.23. The zero-order valence-electron chi connectivity index (χ0n) is 18.9. The summed E-state index contributed by atoms with van der Waals surface area (Å²) >= 11 is 0. The van der Waals surface area contributed by atoms with Gasteiger partial charge in [-0.05, 0) is 74.0 Å². The summed E-state index contributed by atoms with van der Waals surface area (Å²) in [5.74, 6) is -0.141. The molecule has 4 heteroatoms. The third kappa shape index (κ3) is 5.63. The Balaban J connectivity index is 1.33. The number of amides is 1. The van der Waals surface area contributed by atoms with E-state index < -0.39 is 0 Å². The fourth-order valence-corrected chi connectivity index (χ4v) is 4.59. The van der Waals surface area contributed by atoms with E-state index in [0.29, 0.717) is 13.0 Å². The van der Waals surface area contributed by atoms with Crippen molar-refractivity contribution in [3.05, 3.63) is 94.8 Å². The molecule has 3 nitrogen and oxygen atoms in total. The van der Waals surface area contributed by atoms with Gasteiger partial charge in [0.2, 0.25) is 5.91 Å². The molecule has 0 radical (unpaired) electrons. The number of aryl methyl sites for hydroxylation is 2. The molecule has 1 saturated heterocycles. The van der Waals surface area contributed by atoms with Gasteiger partial charge in [-0.1, -0.05) is 65.7 Å². The van der Waals surface area contributed by atoms with Crippen molar-refractivity contribution in [1.29, 1.82) is 0 Å². The molecule has 32 heavy (non-hydrogen) atoms. The second-order valence-corrected chi connectivity index (χ2v) is 8.87. The van der Waals surface area contributed by atoms with E-state index in [4.69, 9.17) is 0 Å². The van der Waals surface area contributed by atoms with E-state index in [2.05, 4.69) is 66.5 Å². The zero-order chi connectivity index (χ0) is 22.5. The van der Waals surface area contributed by atoms with E-state index in [-0.39, 0.29) is 17.8 Å². The Hall–Kier alpha value is -2.98. The van der Waals surface area contributed by atoms with Crippen LogP contribution in [0.2, 0.25) is 0 Å². The number of halogens is 1. The first-order valence-electron chi connectivity index (χ1n) is 11.4. The van der Waals surface area contributed by atoms with E-state index in [0.717, 1.165) is 31.5 Å². The molecule has 3 aromatic carbocycles. The molecule has 1 N–H and O–H groups in total. The van der Waals surface area contributed by atoms with Crippen molar-refractivity contribution in [3.8, 4) is 11.1 Å². The molecule has 1 atom stereocenters. The van der Waals surface area contributed by atoms with Crippen LogP contribution in [0.3, 0.4) is 0 Å². The number of rotatable bonds is 7. The summed E-state index contributed by atoms with van der Waals surface area (Å²) in [7, 11) is 0. The van der Waals surface area contributed by atoms with Gasteiger partial charge in [0.15, 0.2) is 0 Å². The zero-order valence-corrected chi connectivity index (χ0v) is 18.9. The minimum absolute atomic E-state index is 0.0812. The molecule has 0 aromatic heterocycles. The van der Waals surface area contributed by atoms with Crippen LogP contribution < -0.4 is 5.32 Å². The normalized spacial score (nSPS) is 16.3. The van der Waals surface area contributed by atoms with Gasteiger partial charge in [0.25, 0.3) is 0 Å². The molecule has 1 amide bonds. The van der Waals surface area contributed by atoms with Gasteiger partial charge >= 0.3 is 0 Å². The van der Waals surface area contributed by atoms with E-state index in [1.54, 1.807) is 12.1 Å². The van der Waals surface area contributed by atoms with Gasteiger partial charge in [0.1, 0.15) is 5.82 Å². The van der Waals surface area contributed by atoms with Crippen LogP contribution in [0.4, 0.5) is 4.39 Å². The number of nitrogens with one attached hydrogen (secondary N) is 1. The Morgan fingerprint density at radius 3 is 2.28 bits per heavy atom. The third-order valence-electron chi connectivity index (χ3n) is 6.19. The van der Waals surface area contributed by atoms with Gasteiger partial charge in [-0.25, -0.2) is 4.39 Å². The van der Waals surface area contributed by atoms with Crippen LogP contribution in [0.5, 0.6) is 0 Å². The maximum Gasteiger partial charge on any atom is 0.237 e. The molecule has 3 aromatic rings. The Labute approximate surface area is 190 Å². The lowest BCUT2D eigenvalue weighted by Crippen LogP contribution is -2.43. The third-order valence-corrected chi connectivity index (χ3v) is 6.19. The summed E-state index contributed by atoms with van der Waals surface area (Å²) < 4.78 is 13.0. The van der Waals surface area contributed by atoms with Crippen molar-refractivity contribution in [3.63, 3.8) is 0 Å². The number of likely N-dealkylation sites (tertiary alicyclic amines) is 1. The topological polar surface area (TPSA) is 32.3 Å². The van der Waals surface area contributed by atoms with Crippen LogP contribution in [0.15, 0.2) is 66.7 Å². The molecule has 0 bridgehead atoms. The van der Waals surface area contributed by atoms with Gasteiger partial charge in [-0.15, -0.1) is 0 Å². The average molecular weight is 431 g/mol. The SMILES string of the molecule is Cc1cc(C)cc(-c2ccc(CN3CCCC3C(=O)NCCc3ccc(F)cc3)cc2)c1. The molecule has 1 unspecified atom stereocenters. The highest BCUT2D eigenvalue weighted by atomic mass is 19.1. The molecule has 0 aliphatic carbocycles. The van der Waals surface area contributed by atoms with E-state index >= 15 is 0 Å². The summed E-state index contributed by atoms with van der Waals surface area (Å²) in [6.07, 6.45) is 2.64. The molecule has 1 aliphatic heterocycles. The van der Waals surface area contributed by atoms with Gasteiger partial charge in [0.05, 0.1) is 6.04 Å². The maximum atomic E-state index is 13.0. The fraction of sp³-hybridized carbons (Fsp3) is 0.321. The van der Waals surface area contributed by atoms with E-state index in [1.807, 2.05) is 0 Å². The van der Waals surface area contributed by atoms with Gasteiger partial charge < -0.3 is 5.32 Å². The summed E-state index contributed by atoms with van der Waals surface area (Å²) in [6, 6.07) is 21.7. The molecule has 166 valence electrons. The van der Waals surface area contributed by atoms with Crippen molar-refractivity contribution >= 4 is 5.91 Å². The van der Waals surface area contributed by atoms with Crippen LogP contribution in [-0.2, 0) is 17.8 Å². The highest BCUT2D eigenvalue weighted by Crippen LogP contribution is 2.25. The Morgan fingerprint density at radius 1 is 0.938 bits per heavy atom. The summed E-state index contributed by atoms with van der Waals surface area (Å²) in [5, 5.41) is 3.07. The van der Waals surface area contributed by atoms with Gasteiger partial charge in [0, 0.05) is 13.1 Å². The number of benzene rings is 3. The van der Waals surface area contributed by atoms with E-state index in [1.165, 1.54) is 39.9 Å². The Bertz CT molecular complexity index is 1040. The quantitative estimate of drug-likeness (QED) is 0.542. The molecule has 1 heterocycles. The molecular formula is C28H31FN2O. The number of hydrogen-bond donors (Lipinski definition) is 1. The van der Waals surface area contributed by atoms with Crippen molar-refractivity contribution in [2.24, 2.45) is 0 Å². The second-order valence-electron chi connectivity index (χ2n) is 8.87. The number of nitrogens with zero attached hydrogens (tertiary/aromatic N) is 1. The van der Waals surface area contributed by atoms with Crippen LogP contribution in [-0.4, -0.2) is 29.9 Å². The first kappa shape index (κ1) is 22.2. The van der Waals surface area contributed by atoms with Crippen molar-refractivity contribution in [1.82, 2.24) is 10.2 Å². The van der Waals surface area contributed by atoms with Crippen LogP contribution >= 0.6 is 0 Å². The first-order chi connectivity index (χ1) is 15.5. The predicted octanol–water partition coefficient (Wildman–Crippen LogP) is 5.43. The first-order valence-corrected chi connectivity index (χ1v) is 11.4. The van der Waals surface area contributed by atoms with Gasteiger partial charge in [-0.3, -0.25) is 9.69 Å². The summed E-state index contributed by atoms with van der Waals surface area (Å²) in [4.78, 5) is 15.1. The monoisotopic (exact) mass is 430 g/mol. The number of carbonyl (C=O) groups excluding carboxylic acids is 1. The fourth-order valence-electron chi connectivity index (χ4n) is 4.59. The standard InChI is InChI=1S/C28H31FN2O/c1-20-16-21(2)18-25(17-20)24-9-5-23(6-10-24)19-31-15-3-4-27(31)28(32)30-14-13-22-7-11-26(29)12-8-22/h5-12,16-18,27H,3-4,13-15,19H2,1-2H3,(H,30,32). The molecule has 0 saturated carbocycles. The minimum Gasteiger partial charge on any atom is -0.354 e. The summed E-state index contributed by atoms with van der Waals surface area (Å²) in [6.45, 7) is 6.55. The van der Waals surface area contributed by atoms with Crippen molar-refractivity contribution in [2.75, 3.05) is 13.1 Å². The van der Waals surface area contributed by atoms with Crippen molar-refractivity contribution in [2.45, 2.75) is 45.7 Å². The molecule has 0 spiro atoms. The Morgan fingerprint density at radius 2 is 1.59 bits per heavy atom. The van der Waals surface area contributed by atoms with Crippen LogP contribution in [0.25, 0.3) is 11.1 Å². The lowest BCUT2D eigenvalue weighted by molar-refractivity contribution is -0.125. The minimum atomic E-state index is -0.235. The summed E-state index contributed by atoms with van der Waals surface area (Å²) in [5.41, 5.74) is 7.26. The molecule has 1 aliphatic rings. The Kier molecular flexibility index (Phi) is 7.01. The smallest absolute Gasteiger partial charge is 0.237 e. The maximum absolute atomic E-state index is 13.0. The second kappa shape index (κ2) is 10.1. The van der Waals surface area contributed by atoms with Crippen LogP contribution in [0, 0.1) is 19.7 Å². The number of hydrogen-bond acceptors (Lipinski definition) is 2. The lowest BCUT2D eigenvalue weighted by Gasteiger charge is -2.24. The largest absolute Gasteiger partial charge is 0.354 e. The lowest BCUT2D eigenvalue weighted by atomic mass is 9.99. The molecule has 4 rings (SSSR count). The van der Waals surface area contributed by atoms with E-state index in [9.17, 15) is 9.18 Å². The van der Waals surface area contributed by atoms with Gasteiger partial charge in [-0.2, -0.15) is 0 Å². The van der Waals surface area contributed by atoms with Crippen LogP contribution in [0.1, 0.15) is 35.1 Å². The molecular weight excluding hydrogens is 399 g/mol. The highest BCUT2D eigenvalue weighted by molar-refractivity contribution is 5.82. The molecule has 1 fully saturated rings. The number of carbonyl (C=O) groups is 1. The highest BCUT2D eigenvalue weighted by Gasteiger charge is 2.30. The van der Waals surface area contributed by atoms with Crippen molar-refractivity contribution < 1.29 is 9.18 Å². The predicted molar refractivity (Wildman–Crippen MR) is 128 cm³/mol.